The van der Waals surface area contributed by atoms with E-state index in [1.165, 1.54) is 35.2 Å². The average molecular weight is 628 g/mol. The topological polar surface area (TPSA) is 150 Å². The molecule has 2 unspecified atom stereocenters. The monoisotopic (exact) mass is 627 g/mol. The summed E-state index contributed by atoms with van der Waals surface area (Å²) in [5, 5.41) is 8.21. The number of amides is 1. The van der Waals surface area contributed by atoms with Crippen molar-refractivity contribution in [3.05, 3.63) is 88.0 Å². The van der Waals surface area contributed by atoms with Crippen molar-refractivity contribution in [3.8, 4) is 22.6 Å². The van der Waals surface area contributed by atoms with Crippen molar-refractivity contribution in [2.45, 2.75) is 38.4 Å². The van der Waals surface area contributed by atoms with E-state index in [0.29, 0.717) is 47.5 Å². The van der Waals surface area contributed by atoms with Gasteiger partial charge in [-0.15, -0.1) is 0 Å². The van der Waals surface area contributed by atoms with Gasteiger partial charge in [0.15, 0.2) is 0 Å². The Labute approximate surface area is 254 Å². The highest BCUT2D eigenvalue weighted by Crippen LogP contribution is 2.34. The zero-order valence-electron chi connectivity index (χ0n) is 23.7. The standard InChI is InChI=1S/C29H29ClF3N9O2/c1-16-4-3-5-23(17-8-9-36-21(10-17)27-22(39-28(16)44)13-38-40(27)2)41-15-37-20(12-26(41)43)19-11-18(30)6-7-24(19)42(35)14-25(34)29(31,32)33/h6-16,23H,3-5,34-35H2,1-2H3,(H,39,44)/b25-14-. The number of carbonyl (C=O) groups is 1. The van der Waals surface area contributed by atoms with Gasteiger partial charge in [0, 0.05) is 42.0 Å². The number of benzene rings is 1. The summed E-state index contributed by atoms with van der Waals surface area (Å²) in [4.78, 5) is 35.5. The minimum Gasteiger partial charge on any atom is -0.393 e. The zero-order valence-corrected chi connectivity index (χ0v) is 24.5. The van der Waals surface area contributed by atoms with Crippen LogP contribution >= 0.6 is 11.6 Å². The molecule has 0 fully saturated rings. The van der Waals surface area contributed by atoms with Crippen molar-refractivity contribution in [3.63, 3.8) is 0 Å². The van der Waals surface area contributed by atoms with E-state index in [0.717, 1.165) is 5.56 Å². The Hall–Kier alpha value is -4.69. The van der Waals surface area contributed by atoms with E-state index in [4.69, 9.17) is 23.2 Å². The number of alkyl halides is 3. The molecule has 1 amide bonds. The molecule has 5 N–H and O–H groups in total. The van der Waals surface area contributed by atoms with E-state index in [2.05, 4.69) is 20.4 Å². The van der Waals surface area contributed by atoms with Gasteiger partial charge in [0.1, 0.15) is 11.4 Å². The summed E-state index contributed by atoms with van der Waals surface area (Å²) in [7, 11) is 1.75. The van der Waals surface area contributed by atoms with Crippen molar-refractivity contribution in [2.24, 2.45) is 24.5 Å². The van der Waals surface area contributed by atoms with Gasteiger partial charge in [-0.2, -0.15) is 18.3 Å². The molecule has 5 rings (SSSR count). The minimum atomic E-state index is -4.79. The highest BCUT2D eigenvalue weighted by Gasteiger charge is 2.32. The van der Waals surface area contributed by atoms with Crippen molar-refractivity contribution in [1.82, 2.24) is 24.3 Å². The van der Waals surface area contributed by atoms with E-state index >= 15 is 0 Å². The van der Waals surface area contributed by atoms with Crippen LogP contribution in [0.3, 0.4) is 0 Å². The zero-order chi connectivity index (χ0) is 31.8. The third-order valence-corrected chi connectivity index (χ3v) is 7.70. The lowest BCUT2D eigenvalue weighted by Crippen LogP contribution is -2.30. The first-order valence-corrected chi connectivity index (χ1v) is 14.0. The van der Waals surface area contributed by atoms with E-state index in [-0.39, 0.29) is 33.8 Å². The van der Waals surface area contributed by atoms with Gasteiger partial charge < -0.3 is 11.1 Å². The van der Waals surface area contributed by atoms with Crippen LogP contribution in [0.1, 0.15) is 37.8 Å². The second-order valence-electron chi connectivity index (χ2n) is 10.5. The SMILES string of the molecule is CC1CCCC(n2cnc(-c3cc(Cl)ccc3N(N)/C=C(\N)C(F)(F)F)cc2=O)c2ccnc(c2)-c2c(cnn2C)NC1=O. The fraction of sp³-hybridized carbons (Fsp3) is 0.276. The number of anilines is 2. The maximum atomic E-state index is 13.7. The Bertz CT molecular complexity index is 1800. The molecule has 1 aliphatic heterocycles. The molecule has 1 aliphatic rings. The number of carbonyl (C=O) groups excluding carboxylic acids is 1. The number of rotatable bonds is 4. The number of nitrogens with two attached hydrogens (primary N) is 2. The van der Waals surface area contributed by atoms with Gasteiger partial charge in [-0.25, -0.2) is 10.8 Å². The molecule has 0 radical (unpaired) electrons. The largest absolute Gasteiger partial charge is 0.432 e. The summed E-state index contributed by atoms with van der Waals surface area (Å²) < 4.78 is 42.2. The predicted molar refractivity (Wildman–Crippen MR) is 160 cm³/mol. The number of aromatic nitrogens is 5. The van der Waals surface area contributed by atoms with Gasteiger partial charge in [0.25, 0.3) is 5.56 Å². The highest BCUT2D eigenvalue weighted by atomic mass is 35.5. The summed E-state index contributed by atoms with van der Waals surface area (Å²) in [6.07, 6.45) is 2.04. The van der Waals surface area contributed by atoms with Gasteiger partial charge in [-0.1, -0.05) is 24.9 Å². The van der Waals surface area contributed by atoms with E-state index < -0.39 is 23.5 Å². The van der Waals surface area contributed by atoms with Gasteiger partial charge >= 0.3 is 6.18 Å². The molecule has 15 heteroatoms. The Morgan fingerprint density at radius 1 is 1.14 bits per heavy atom. The Balaban J connectivity index is 1.57. The summed E-state index contributed by atoms with van der Waals surface area (Å²) >= 11 is 6.20. The predicted octanol–water partition coefficient (Wildman–Crippen LogP) is 4.75. The molecule has 4 heterocycles. The number of pyridine rings is 1. The highest BCUT2D eigenvalue weighted by molar-refractivity contribution is 6.31. The summed E-state index contributed by atoms with van der Waals surface area (Å²) in [5.41, 5.74) is 6.30. The van der Waals surface area contributed by atoms with Crippen molar-refractivity contribution in [2.75, 3.05) is 10.3 Å². The van der Waals surface area contributed by atoms with Crippen molar-refractivity contribution >= 4 is 28.9 Å². The van der Waals surface area contributed by atoms with Crippen LogP contribution in [0, 0.1) is 5.92 Å². The molecular formula is C29H29ClF3N9O2. The van der Waals surface area contributed by atoms with Crippen LogP contribution in [-0.2, 0) is 11.8 Å². The smallest absolute Gasteiger partial charge is 0.393 e. The average Bonchev–Trinajstić information content (AvgIpc) is 3.33. The first-order valence-electron chi connectivity index (χ1n) is 13.6. The number of hydrogen-bond donors (Lipinski definition) is 3. The van der Waals surface area contributed by atoms with Gasteiger partial charge in [-0.3, -0.25) is 28.8 Å². The summed E-state index contributed by atoms with van der Waals surface area (Å²) in [5.74, 6) is 5.48. The fourth-order valence-corrected chi connectivity index (χ4v) is 5.28. The molecule has 4 aromatic rings. The lowest BCUT2D eigenvalue weighted by atomic mass is 9.95. The van der Waals surface area contributed by atoms with Crippen LogP contribution < -0.4 is 27.5 Å². The van der Waals surface area contributed by atoms with Crippen molar-refractivity contribution < 1.29 is 18.0 Å². The van der Waals surface area contributed by atoms with Gasteiger partial charge in [0.05, 0.1) is 41.3 Å². The number of nitrogens with one attached hydrogen (secondary N) is 1. The second-order valence-corrected chi connectivity index (χ2v) is 10.9. The number of aryl methyl sites for hydroxylation is 1. The number of fused-ring (bicyclic) bond motifs is 4. The normalized spacial score (nSPS) is 17.7. The molecule has 3 aromatic heterocycles. The molecular weight excluding hydrogens is 599 g/mol. The third-order valence-electron chi connectivity index (χ3n) is 7.46. The molecule has 2 bridgehead atoms. The molecule has 44 heavy (non-hydrogen) atoms. The Kier molecular flexibility index (Phi) is 8.48. The van der Waals surface area contributed by atoms with Gasteiger partial charge in [-0.05, 0) is 48.7 Å². The first-order chi connectivity index (χ1) is 20.8. The summed E-state index contributed by atoms with van der Waals surface area (Å²) in [6, 6.07) is 8.77. The molecule has 230 valence electrons. The molecule has 1 aromatic carbocycles. The maximum absolute atomic E-state index is 13.7. The summed E-state index contributed by atoms with van der Waals surface area (Å²) in [6.45, 7) is 1.84. The number of allylic oxidation sites excluding steroid dienone is 1. The van der Waals surface area contributed by atoms with Crippen LogP contribution in [0.15, 0.2) is 71.8 Å². The van der Waals surface area contributed by atoms with Crippen LogP contribution in [0.4, 0.5) is 24.5 Å². The fourth-order valence-electron chi connectivity index (χ4n) is 5.11. The van der Waals surface area contributed by atoms with Crippen LogP contribution in [0.25, 0.3) is 22.6 Å². The number of halogens is 4. The molecule has 2 atom stereocenters. The number of nitrogens with zero attached hydrogens (tertiary/aromatic N) is 6. The van der Waals surface area contributed by atoms with E-state index in [1.54, 1.807) is 24.1 Å². The van der Waals surface area contributed by atoms with E-state index in [1.807, 2.05) is 19.1 Å². The molecule has 11 nitrogen and oxygen atoms in total. The molecule has 0 spiro atoms. The second kappa shape index (κ2) is 12.1. The lowest BCUT2D eigenvalue weighted by Gasteiger charge is -2.23. The van der Waals surface area contributed by atoms with Gasteiger partial charge in [0.2, 0.25) is 5.91 Å². The maximum Gasteiger partial charge on any atom is 0.432 e. The quantitative estimate of drug-likeness (QED) is 0.217. The number of hydrazine groups is 1. The van der Waals surface area contributed by atoms with Crippen LogP contribution in [0.2, 0.25) is 5.02 Å². The Morgan fingerprint density at radius 3 is 2.64 bits per heavy atom. The minimum absolute atomic E-state index is 0.0928. The van der Waals surface area contributed by atoms with Crippen LogP contribution in [0.5, 0.6) is 0 Å². The van der Waals surface area contributed by atoms with Crippen molar-refractivity contribution in [1.29, 1.82) is 0 Å². The number of hydrogen-bond acceptors (Lipinski definition) is 8. The molecule has 0 saturated carbocycles. The van der Waals surface area contributed by atoms with Crippen LogP contribution in [-0.4, -0.2) is 36.4 Å². The molecule has 0 aliphatic carbocycles. The van der Waals surface area contributed by atoms with E-state index in [9.17, 15) is 22.8 Å². The first kappa shape index (κ1) is 30.8. The molecule has 0 saturated heterocycles. The Morgan fingerprint density at radius 2 is 1.91 bits per heavy atom. The lowest BCUT2D eigenvalue weighted by molar-refractivity contribution is -0.119. The third kappa shape index (κ3) is 6.31.